The van der Waals surface area contributed by atoms with E-state index >= 15 is 0 Å². The predicted molar refractivity (Wildman–Crippen MR) is 91.5 cm³/mol. The molecule has 1 aromatic rings. The average Bonchev–Trinajstić information content (AvgIpc) is 2.98. The molecule has 0 N–H and O–H groups in total. The smallest absolute Gasteiger partial charge is 0.398 e. The molecule has 1 aromatic heterocycles. The van der Waals surface area contributed by atoms with Crippen LogP contribution in [0.4, 0.5) is 4.39 Å². The zero-order valence-electron chi connectivity index (χ0n) is 15.3. The molecule has 0 aliphatic carbocycles. The van der Waals surface area contributed by atoms with Crippen molar-refractivity contribution in [3.05, 3.63) is 23.7 Å². The lowest BCUT2D eigenvalue weighted by molar-refractivity contribution is 0.00578. The zero-order valence-corrected chi connectivity index (χ0v) is 15.3. The lowest BCUT2D eigenvalue weighted by Gasteiger charge is -2.32. The van der Waals surface area contributed by atoms with Gasteiger partial charge in [-0.2, -0.15) is 5.10 Å². The summed E-state index contributed by atoms with van der Waals surface area (Å²) < 4.78 is 28.2. The molecule has 1 aliphatic rings. The van der Waals surface area contributed by atoms with E-state index in [1.807, 2.05) is 38.6 Å². The van der Waals surface area contributed by atoms with Crippen molar-refractivity contribution in [1.82, 2.24) is 9.78 Å². The number of allylic oxidation sites excluding steroid dienone is 1. The summed E-state index contributed by atoms with van der Waals surface area (Å²) in [4.78, 5) is 0. The topological polar surface area (TPSA) is 36.3 Å². The molecule has 0 bridgehead atoms. The van der Waals surface area contributed by atoms with Gasteiger partial charge in [0.1, 0.15) is 5.73 Å². The van der Waals surface area contributed by atoms with Crippen molar-refractivity contribution in [3.8, 4) is 0 Å². The number of aromatic nitrogens is 2. The Morgan fingerprint density at radius 2 is 1.83 bits per heavy atom. The highest BCUT2D eigenvalue weighted by Crippen LogP contribution is 2.40. The molecule has 0 atom stereocenters. The third-order valence-corrected chi connectivity index (χ3v) is 4.82. The largest absolute Gasteiger partial charge is 0.525 e. The van der Waals surface area contributed by atoms with E-state index in [9.17, 15) is 4.39 Å². The molecule has 1 saturated heterocycles. The van der Waals surface area contributed by atoms with Crippen LogP contribution >= 0.6 is 0 Å². The molecular formula is C17H28BFN2O2. The molecule has 0 aromatic carbocycles. The number of nitrogens with zero attached hydrogens (tertiary/aromatic N) is 2. The highest BCUT2D eigenvalue weighted by atomic mass is 19.1. The van der Waals surface area contributed by atoms with Gasteiger partial charge in [-0.25, -0.2) is 4.39 Å². The predicted octanol–water partition coefficient (Wildman–Crippen LogP) is 4.26. The lowest BCUT2D eigenvalue weighted by Crippen LogP contribution is -2.41. The van der Waals surface area contributed by atoms with E-state index in [1.54, 1.807) is 13.1 Å². The fraction of sp³-hybridized carbons (Fsp3) is 0.706. The average molecular weight is 322 g/mol. The number of rotatable bonds is 5. The molecule has 0 spiro atoms. The van der Waals surface area contributed by atoms with Crippen molar-refractivity contribution in [2.75, 3.05) is 0 Å². The van der Waals surface area contributed by atoms with Gasteiger partial charge in [-0.15, -0.1) is 0 Å². The first-order chi connectivity index (χ1) is 10.5. The van der Waals surface area contributed by atoms with Crippen LogP contribution in [0.1, 0.15) is 60.5 Å². The Labute approximate surface area is 139 Å². The fourth-order valence-corrected chi connectivity index (χ4v) is 2.33. The summed E-state index contributed by atoms with van der Waals surface area (Å²) >= 11 is 0. The zero-order chi connectivity index (χ0) is 17.4. The molecule has 23 heavy (non-hydrogen) atoms. The van der Waals surface area contributed by atoms with Gasteiger partial charge in [-0.3, -0.25) is 4.68 Å². The first kappa shape index (κ1) is 18.2. The third-order valence-electron chi connectivity index (χ3n) is 4.82. The van der Waals surface area contributed by atoms with E-state index in [4.69, 9.17) is 9.31 Å². The van der Waals surface area contributed by atoms with Gasteiger partial charge in [-0.1, -0.05) is 13.8 Å². The molecule has 128 valence electrons. The molecule has 0 radical (unpaired) electrons. The minimum Gasteiger partial charge on any atom is -0.398 e. The van der Waals surface area contributed by atoms with Gasteiger partial charge < -0.3 is 9.31 Å². The summed E-state index contributed by atoms with van der Waals surface area (Å²) in [6.07, 6.45) is 4.62. The van der Waals surface area contributed by atoms with Crippen LogP contribution in [0.15, 0.2) is 18.1 Å². The van der Waals surface area contributed by atoms with Crippen molar-refractivity contribution >= 4 is 12.7 Å². The minimum atomic E-state index is -0.959. The molecule has 1 aliphatic heterocycles. The lowest BCUT2D eigenvalue weighted by atomic mass is 9.84. The quantitative estimate of drug-likeness (QED) is 0.760. The number of halogens is 1. The molecular weight excluding hydrogens is 294 g/mol. The Balaban J connectivity index is 2.15. The van der Waals surface area contributed by atoms with Crippen LogP contribution in [0.5, 0.6) is 0 Å². The van der Waals surface area contributed by atoms with Gasteiger partial charge in [0.15, 0.2) is 0 Å². The van der Waals surface area contributed by atoms with Crippen molar-refractivity contribution in [2.45, 2.75) is 72.6 Å². The molecule has 2 heterocycles. The Kier molecular flexibility index (Phi) is 5.07. The summed E-state index contributed by atoms with van der Waals surface area (Å²) in [6.45, 7) is 14.6. The highest BCUT2D eigenvalue weighted by Gasteiger charge is 2.53. The van der Waals surface area contributed by atoms with Crippen LogP contribution in [0, 0.1) is 5.92 Å². The summed E-state index contributed by atoms with van der Waals surface area (Å²) in [5.74, 6) is 0.612. The van der Waals surface area contributed by atoms with E-state index in [0.29, 0.717) is 11.5 Å². The van der Waals surface area contributed by atoms with Crippen LogP contribution in [-0.2, 0) is 15.9 Å². The van der Waals surface area contributed by atoms with Crippen LogP contribution in [0.3, 0.4) is 0 Å². The fourth-order valence-electron chi connectivity index (χ4n) is 2.33. The summed E-state index contributed by atoms with van der Waals surface area (Å²) in [7, 11) is -0.959. The second kappa shape index (κ2) is 6.40. The Morgan fingerprint density at radius 1 is 1.26 bits per heavy atom. The van der Waals surface area contributed by atoms with Crippen LogP contribution in [0.25, 0.3) is 5.57 Å². The van der Waals surface area contributed by atoms with Gasteiger partial charge in [-0.05, 0) is 52.5 Å². The van der Waals surface area contributed by atoms with E-state index in [-0.39, 0.29) is 5.73 Å². The van der Waals surface area contributed by atoms with Crippen molar-refractivity contribution in [3.63, 3.8) is 0 Å². The van der Waals surface area contributed by atoms with Crippen LogP contribution in [0.2, 0.25) is 0 Å². The monoisotopic (exact) mass is 322 g/mol. The van der Waals surface area contributed by atoms with Crippen molar-refractivity contribution in [1.29, 1.82) is 0 Å². The molecule has 2 rings (SSSR count). The normalized spacial score (nSPS) is 21.0. The number of aryl methyl sites for hydroxylation is 1. The second-order valence-electron chi connectivity index (χ2n) is 7.74. The molecule has 4 nitrogen and oxygen atoms in total. The maximum atomic E-state index is 14.8. The van der Waals surface area contributed by atoms with Crippen LogP contribution in [-0.4, -0.2) is 28.1 Å². The van der Waals surface area contributed by atoms with E-state index in [0.717, 1.165) is 18.5 Å². The van der Waals surface area contributed by atoms with Gasteiger partial charge in [0, 0.05) is 18.3 Å². The Morgan fingerprint density at radius 3 is 2.35 bits per heavy atom. The maximum absolute atomic E-state index is 14.8. The SMILES string of the molecule is CC(=C(F)B1OC(C)(C)C(C)(C)O1)c1cnn(CCC(C)C)c1. The summed E-state index contributed by atoms with van der Waals surface area (Å²) in [6, 6.07) is 0. The van der Waals surface area contributed by atoms with Gasteiger partial charge in [0.2, 0.25) is 0 Å². The first-order valence-electron chi connectivity index (χ1n) is 8.28. The van der Waals surface area contributed by atoms with Gasteiger partial charge in [0.25, 0.3) is 0 Å². The summed E-state index contributed by atoms with van der Waals surface area (Å²) in [5.41, 5.74) is -0.194. The molecule has 0 saturated carbocycles. The van der Waals surface area contributed by atoms with Crippen molar-refractivity contribution in [2.24, 2.45) is 5.92 Å². The number of hydrogen-bond acceptors (Lipinski definition) is 3. The van der Waals surface area contributed by atoms with E-state index in [1.165, 1.54) is 0 Å². The third kappa shape index (κ3) is 3.86. The molecule has 0 unspecified atom stereocenters. The molecule has 6 heteroatoms. The Bertz CT molecular complexity index is 577. The second-order valence-corrected chi connectivity index (χ2v) is 7.74. The molecule has 1 fully saturated rings. The number of hydrogen-bond donors (Lipinski definition) is 0. The van der Waals surface area contributed by atoms with Crippen molar-refractivity contribution < 1.29 is 13.7 Å². The van der Waals surface area contributed by atoms with E-state index < -0.39 is 18.3 Å². The highest BCUT2D eigenvalue weighted by molar-refractivity contribution is 6.55. The Hall–Kier alpha value is -1.14. The van der Waals surface area contributed by atoms with E-state index in [2.05, 4.69) is 18.9 Å². The van der Waals surface area contributed by atoms with Gasteiger partial charge >= 0.3 is 7.12 Å². The van der Waals surface area contributed by atoms with Gasteiger partial charge in [0.05, 0.1) is 17.4 Å². The summed E-state index contributed by atoms with van der Waals surface area (Å²) in [5, 5.41) is 4.31. The first-order valence-corrected chi connectivity index (χ1v) is 8.28. The minimum absolute atomic E-state index is 0.382. The van der Waals surface area contributed by atoms with Crippen LogP contribution < -0.4 is 0 Å². The standard InChI is InChI=1S/C17H28BFN2O2/c1-12(2)8-9-21-11-14(10-20-21)13(3)15(19)18-22-16(4,5)17(6,7)23-18/h10-12H,8-9H2,1-7H3. The molecule has 0 amide bonds. The maximum Gasteiger partial charge on any atom is 0.525 e.